The van der Waals surface area contributed by atoms with Gasteiger partial charge in [0.15, 0.2) is 5.82 Å². The molecule has 0 unspecified atom stereocenters. The molecule has 2 N–H and O–H groups in total. The first-order chi connectivity index (χ1) is 23.1. The van der Waals surface area contributed by atoms with Crippen LogP contribution in [0.2, 0.25) is 5.02 Å². The molecule has 250 valence electrons. The van der Waals surface area contributed by atoms with Crippen LogP contribution in [0, 0.1) is 5.82 Å². The fourth-order valence-electron chi connectivity index (χ4n) is 5.68. The fraction of sp³-hybridized carbons (Fsp3) is 0.355. The molecule has 6 heterocycles. The first-order valence-corrected chi connectivity index (χ1v) is 15.4. The summed E-state index contributed by atoms with van der Waals surface area (Å²) >= 11 is 5.80. The van der Waals surface area contributed by atoms with Gasteiger partial charge in [-0.3, -0.25) is 19.8 Å². The molecule has 1 saturated heterocycles. The van der Waals surface area contributed by atoms with E-state index < -0.39 is 36.0 Å². The minimum atomic E-state index is -4.72. The topological polar surface area (TPSA) is 136 Å². The van der Waals surface area contributed by atoms with Crippen LogP contribution in [0.5, 0.6) is 5.88 Å². The second-order valence-corrected chi connectivity index (χ2v) is 11.9. The highest BCUT2D eigenvalue weighted by atomic mass is 35.5. The summed E-state index contributed by atoms with van der Waals surface area (Å²) in [5.74, 6) is -0.713. The molecular weight excluding hydrogens is 658 g/mol. The molecule has 48 heavy (non-hydrogen) atoms. The third-order valence-electron chi connectivity index (χ3n) is 8.33. The molecule has 17 heteroatoms. The Morgan fingerprint density at radius 1 is 1.21 bits per heavy atom. The van der Waals surface area contributed by atoms with E-state index in [-0.39, 0.29) is 34.9 Å². The maximum absolute atomic E-state index is 14.3. The van der Waals surface area contributed by atoms with E-state index in [1.165, 1.54) is 19.2 Å². The Balaban J connectivity index is 1.16. The highest BCUT2D eigenvalue weighted by Crippen LogP contribution is 2.38. The number of benzene rings is 1. The van der Waals surface area contributed by atoms with Crippen LogP contribution in [0.1, 0.15) is 45.2 Å². The van der Waals surface area contributed by atoms with Crippen LogP contribution in [0.3, 0.4) is 0 Å². The average molecular weight is 686 g/mol. The number of ether oxygens (including phenoxy) is 2. The Kier molecular flexibility index (Phi) is 8.47. The number of carbonyl (C=O) groups excluding carboxylic acids is 1. The molecule has 1 atom stereocenters. The van der Waals surface area contributed by atoms with Crippen molar-refractivity contribution < 1.29 is 31.8 Å². The van der Waals surface area contributed by atoms with Crippen LogP contribution in [0.4, 0.5) is 17.6 Å². The van der Waals surface area contributed by atoms with Crippen LogP contribution < -0.4 is 10.1 Å². The molecule has 0 aliphatic carbocycles. The van der Waals surface area contributed by atoms with Gasteiger partial charge in [-0.25, -0.2) is 19.3 Å². The Bertz CT molecular complexity index is 2010. The molecule has 0 saturated carbocycles. The average Bonchev–Trinajstić information content (AvgIpc) is 3.66. The van der Waals surface area contributed by atoms with E-state index in [4.69, 9.17) is 26.1 Å². The summed E-state index contributed by atoms with van der Waals surface area (Å²) in [5, 5.41) is 9.36. The number of pyridine rings is 2. The largest absolute Gasteiger partial charge is 0.472 e. The summed E-state index contributed by atoms with van der Waals surface area (Å²) in [5.41, 5.74) is 1.77. The lowest BCUT2D eigenvalue weighted by molar-refractivity contribution is -0.139. The van der Waals surface area contributed by atoms with Crippen molar-refractivity contribution in [3.8, 4) is 17.4 Å². The number of hydrogen-bond acceptors (Lipinski definition) is 9. The molecule has 4 aromatic heterocycles. The van der Waals surface area contributed by atoms with Crippen molar-refractivity contribution in [3.05, 3.63) is 81.4 Å². The third-order valence-corrected chi connectivity index (χ3v) is 8.56. The molecular formula is C31H28ClF4N9O3. The maximum Gasteiger partial charge on any atom is 0.421 e. The Labute approximate surface area is 275 Å². The summed E-state index contributed by atoms with van der Waals surface area (Å²) in [4.78, 5) is 31.9. The monoisotopic (exact) mass is 685 g/mol. The van der Waals surface area contributed by atoms with Crippen LogP contribution in [-0.2, 0) is 43.6 Å². The number of aromatic amines is 1. The summed E-state index contributed by atoms with van der Waals surface area (Å²) in [6.07, 6.45) is -1.81. The molecule has 2 aliphatic heterocycles. The van der Waals surface area contributed by atoms with E-state index in [1.807, 2.05) is 9.47 Å². The van der Waals surface area contributed by atoms with E-state index in [1.54, 1.807) is 12.3 Å². The molecule has 1 amide bonds. The molecule has 0 radical (unpaired) electrons. The van der Waals surface area contributed by atoms with Gasteiger partial charge in [0.1, 0.15) is 29.5 Å². The lowest BCUT2D eigenvalue weighted by Crippen LogP contribution is -2.34. The Morgan fingerprint density at radius 2 is 2.04 bits per heavy atom. The van der Waals surface area contributed by atoms with E-state index in [0.717, 1.165) is 24.1 Å². The Hall–Kier alpha value is -4.67. The number of nitrogens with zero attached hydrogens (tertiary/aromatic N) is 7. The van der Waals surface area contributed by atoms with Crippen molar-refractivity contribution in [2.45, 2.75) is 51.4 Å². The fourth-order valence-corrected chi connectivity index (χ4v) is 5.84. The molecule has 12 nitrogen and oxygen atoms in total. The van der Waals surface area contributed by atoms with Crippen molar-refractivity contribution in [2.75, 3.05) is 20.2 Å². The molecule has 7 rings (SSSR count). The van der Waals surface area contributed by atoms with Gasteiger partial charge in [0.05, 0.1) is 42.1 Å². The molecule has 1 aromatic carbocycles. The highest BCUT2D eigenvalue weighted by molar-refractivity contribution is 6.30. The molecule has 1 fully saturated rings. The lowest BCUT2D eigenvalue weighted by Gasteiger charge is -2.30. The van der Waals surface area contributed by atoms with Gasteiger partial charge in [-0.2, -0.15) is 18.3 Å². The van der Waals surface area contributed by atoms with Crippen LogP contribution >= 0.6 is 11.6 Å². The van der Waals surface area contributed by atoms with Gasteiger partial charge in [-0.05, 0) is 42.7 Å². The van der Waals surface area contributed by atoms with Gasteiger partial charge in [-0.1, -0.05) is 17.7 Å². The summed E-state index contributed by atoms with van der Waals surface area (Å²) in [6, 6.07) is 6.68. The van der Waals surface area contributed by atoms with E-state index >= 15 is 0 Å². The van der Waals surface area contributed by atoms with Crippen molar-refractivity contribution in [2.24, 2.45) is 0 Å². The minimum Gasteiger partial charge on any atom is -0.472 e. The number of fused-ring (bicyclic) bond motifs is 2. The van der Waals surface area contributed by atoms with E-state index in [2.05, 4.69) is 30.5 Å². The predicted molar refractivity (Wildman–Crippen MR) is 163 cm³/mol. The zero-order valence-corrected chi connectivity index (χ0v) is 26.2. The summed E-state index contributed by atoms with van der Waals surface area (Å²) in [7, 11) is 1.49. The number of imidazole rings is 1. The van der Waals surface area contributed by atoms with Crippen molar-refractivity contribution in [1.82, 2.24) is 44.9 Å². The van der Waals surface area contributed by atoms with Gasteiger partial charge in [0.25, 0.3) is 5.91 Å². The quantitative estimate of drug-likeness (QED) is 0.212. The molecule has 0 spiro atoms. The second-order valence-electron chi connectivity index (χ2n) is 11.5. The van der Waals surface area contributed by atoms with Gasteiger partial charge in [0.2, 0.25) is 11.7 Å². The normalized spacial score (nSPS) is 16.5. The zero-order valence-electron chi connectivity index (χ0n) is 25.4. The smallest absolute Gasteiger partial charge is 0.421 e. The van der Waals surface area contributed by atoms with Crippen LogP contribution in [0.25, 0.3) is 22.6 Å². The number of amides is 1. The number of alkyl halides is 3. The van der Waals surface area contributed by atoms with Crippen molar-refractivity contribution in [1.29, 1.82) is 0 Å². The highest BCUT2D eigenvalue weighted by Gasteiger charge is 2.37. The van der Waals surface area contributed by atoms with Crippen LogP contribution in [-0.4, -0.2) is 71.8 Å². The lowest BCUT2D eigenvalue weighted by atomic mass is 10.0. The standard InChI is InChI=1S/C31H28ClF4N9O3/c1-37-29(46)28-41-27(42-43-28)23-10-22-25(11-38-23)45(12-19-5-7-47-19)26(39-22)14-44-6-4-16-8-20(31(34,35)36)30(40-24(16)13-44)48-15-17-2-3-18(32)9-21(17)33/h2-3,8-11,19H,4-7,12-15H2,1H3,(H,37,46)(H,41,42,43)/t19-/m0/s1. The molecule has 2 aliphatic rings. The van der Waals surface area contributed by atoms with Gasteiger partial charge >= 0.3 is 6.18 Å². The first-order valence-electron chi connectivity index (χ1n) is 15.1. The zero-order chi connectivity index (χ0) is 33.6. The number of rotatable bonds is 9. The van der Waals surface area contributed by atoms with Crippen molar-refractivity contribution in [3.63, 3.8) is 0 Å². The number of carbonyl (C=O) groups is 1. The number of halogens is 5. The number of H-pyrrole nitrogens is 1. The van der Waals surface area contributed by atoms with Gasteiger partial charge in [-0.15, -0.1) is 0 Å². The maximum atomic E-state index is 14.3. The van der Waals surface area contributed by atoms with E-state index in [0.29, 0.717) is 61.0 Å². The number of hydrogen-bond donors (Lipinski definition) is 2. The second kappa shape index (κ2) is 12.7. The minimum absolute atomic E-state index is 0.0127. The van der Waals surface area contributed by atoms with Gasteiger partial charge < -0.3 is 19.4 Å². The Morgan fingerprint density at radius 3 is 2.77 bits per heavy atom. The number of nitrogens with one attached hydrogen (secondary N) is 2. The molecule has 5 aromatic rings. The van der Waals surface area contributed by atoms with E-state index in [9.17, 15) is 22.4 Å². The van der Waals surface area contributed by atoms with Crippen LogP contribution in [0.15, 0.2) is 36.5 Å². The summed E-state index contributed by atoms with van der Waals surface area (Å²) in [6.45, 7) is 1.85. The third kappa shape index (κ3) is 6.42. The predicted octanol–water partition coefficient (Wildman–Crippen LogP) is 4.71. The summed E-state index contributed by atoms with van der Waals surface area (Å²) < 4.78 is 69.7. The number of aromatic nitrogens is 7. The van der Waals surface area contributed by atoms with Crippen molar-refractivity contribution >= 4 is 28.5 Å². The molecule has 0 bridgehead atoms. The SMILES string of the molecule is CNC(=O)c1nc(-c2cc3nc(CN4CCc5cc(C(F)(F)F)c(OCc6ccc(Cl)cc6F)nc5C4)n(C[C@@H]4CCO4)c3cn2)n[nH]1. The van der Waals surface area contributed by atoms with Gasteiger partial charge in [0, 0.05) is 37.3 Å². The first kappa shape index (κ1) is 31.9.